The number of hydrogen-bond acceptors (Lipinski definition) is 5. The van der Waals surface area contributed by atoms with Crippen LogP contribution in [0.4, 0.5) is 0 Å². The molecule has 0 heterocycles. The summed E-state index contributed by atoms with van der Waals surface area (Å²) in [5, 5.41) is 26.3. The fourth-order valence-electron chi connectivity index (χ4n) is 2.13. The molecular formula is C8H19BCl2N2O4. The van der Waals surface area contributed by atoms with Gasteiger partial charge < -0.3 is 26.6 Å². The molecular weight excluding hydrogens is 270 g/mol. The molecule has 0 aromatic rings. The fraction of sp³-hybridized carbons (Fsp3) is 0.875. The summed E-state index contributed by atoms with van der Waals surface area (Å²) in [7, 11) is -1.35. The van der Waals surface area contributed by atoms with Gasteiger partial charge in [0.05, 0.1) is 0 Å². The summed E-state index contributed by atoms with van der Waals surface area (Å²) >= 11 is 0. The summed E-state index contributed by atoms with van der Waals surface area (Å²) in [6.45, 7) is 0. The molecule has 0 radical (unpaired) electrons. The van der Waals surface area contributed by atoms with Crippen LogP contribution in [0.3, 0.4) is 0 Å². The van der Waals surface area contributed by atoms with E-state index in [0.29, 0.717) is 19.3 Å². The van der Waals surface area contributed by atoms with Crippen LogP contribution < -0.4 is 11.5 Å². The predicted octanol–water partition coefficient (Wildman–Crippen LogP) is -0.788. The predicted molar refractivity (Wildman–Crippen MR) is 69.4 cm³/mol. The standard InChI is InChI=1S/C8H17BN2O4.2ClH/c10-6-3-5(1-2-9(14)15)4-8(6,11)7(12)13;;/h5-6,14-15H,1-4,10-11H2,(H,12,13);2*1H. The van der Waals surface area contributed by atoms with E-state index in [4.69, 9.17) is 26.6 Å². The van der Waals surface area contributed by atoms with E-state index in [9.17, 15) is 4.79 Å². The Morgan fingerprint density at radius 1 is 1.41 bits per heavy atom. The van der Waals surface area contributed by atoms with Gasteiger partial charge in [-0.3, -0.25) is 4.79 Å². The first-order valence-electron chi connectivity index (χ1n) is 5.00. The van der Waals surface area contributed by atoms with Crippen molar-refractivity contribution in [2.45, 2.75) is 37.2 Å². The minimum Gasteiger partial charge on any atom is -0.480 e. The van der Waals surface area contributed by atoms with E-state index < -0.39 is 24.7 Å². The third kappa shape index (κ3) is 4.61. The van der Waals surface area contributed by atoms with Gasteiger partial charge in [0.15, 0.2) is 0 Å². The zero-order chi connectivity index (χ0) is 11.6. The highest BCUT2D eigenvalue weighted by Gasteiger charge is 2.48. The maximum absolute atomic E-state index is 10.9. The van der Waals surface area contributed by atoms with Gasteiger partial charge in [-0.05, 0) is 25.1 Å². The molecule has 1 rings (SSSR count). The van der Waals surface area contributed by atoms with Gasteiger partial charge in [-0.2, -0.15) is 0 Å². The molecule has 0 bridgehead atoms. The molecule has 1 saturated carbocycles. The van der Waals surface area contributed by atoms with E-state index in [-0.39, 0.29) is 37.1 Å². The topological polar surface area (TPSA) is 130 Å². The molecule has 3 atom stereocenters. The minimum absolute atomic E-state index is 0. The van der Waals surface area contributed by atoms with Gasteiger partial charge in [-0.15, -0.1) is 24.8 Å². The average molecular weight is 289 g/mol. The number of carboxylic acid groups (broad SMARTS) is 1. The molecule has 0 amide bonds. The van der Waals surface area contributed by atoms with Crippen LogP contribution in [0.15, 0.2) is 0 Å². The van der Waals surface area contributed by atoms with E-state index in [0.717, 1.165) is 0 Å². The minimum atomic E-state index is -1.36. The average Bonchev–Trinajstić information content (AvgIpc) is 2.41. The van der Waals surface area contributed by atoms with Gasteiger partial charge in [0.1, 0.15) is 5.54 Å². The van der Waals surface area contributed by atoms with Crippen molar-refractivity contribution in [3.63, 3.8) is 0 Å². The summed E-state index contributed by atoms with van der Waals surface area (Å²) in [6.07, 6.45) is 1.59. The van der Waals surface area contributed by atoms with Crippen LogP contribution in [-0.4, -0.2) is 39.8 Å². The van der Waals surface area contributed by atoms with Crippen molar-refractivity contribution in [2.75, 3.05) is 0 Å². The highest BCUT2D eigenvalue weighted by molar-refractivity contribution is 6.40. The molecule has 0 saturated heterocycles. The summed E-state index contributed by atoms with van der Waals surface area (Å²) in [5.41, 5.74) is 10.0. The summed E-state index contributed by atoms with van der Waals surface area (Å²) in [6, 6.07) is -0.559. The second kappa shape index (κ2) is 7.40. The van der Waals surface area contributed by atoms with Crippen molar-refractivity contribution in [3.8, 4) is 0 Å². The number of carbonyl (C=O) groups is 1. The number of carboxylic acids is 1. The lowest BCUT2D eigenvalue weighted by Gasteiger charge is -2.23. The Morgan fingerprint density at radius 3 is 2.29 bits per heavy atom. The second-order valence-corrected chi connectivity index (χ2v) is 4.32. The number of rotatable bonds is 4. The number of halogens is 2. The molecule has 9 heteroatoms. The number of hydrogen-bond donors (Lipinski definition) is 5. The van der Waals surface area contributed by atoms with Gasteiger partial charge in [0.25, 0.3) is 0 Å². The van der Waals surface area contributed by atoms with E-state index in [2.05, 4.69) is 0 Å². The van der Waals surface area contributed by atoms with E-state index in [1.165, 1.54) is 0 Å². The molecule has 1 aliphatic rings. The maximum atomic E-state index is 10.9. The maximum Gasteiger partial charge on any atom is 0.451 e. The van der Waals surface area contributed by atoms with Crippen LogP contribution >= 0.6 is 24.8 Å². The number of aliphatic carboxylic acids is 1. The monoisotopic (exact) mass is 288 g/mol. The van der Waals surface area contributed by atoms with Gasteiger partial charge in [0.2, 0.25) is 0 Å². The first-order chi connectivity index (χ1) is 6.86. The van der Waals surface area contributed by atoms with Crippen molar-refractivity contribution in [3.05, 3.63) is 0 Å². The van der Waals surface area contributed by atoms with E-state index >= 15 is 0 Å². The van der Waals surface area contributed by atoms with Crippen LogP contribution in [0.1, 0.15) is 19.3 Å². The first-order valence-corrected chi connectivity index (χ1v) is 5.00. The zero-order valence-electron chi connectivity index (χ0n) is 9.28. The van der Waals surface area contributed by atoms with Crippen LogP contribution in [0.25, 0.3) is 0 Å². The van der Waals surface area contributed by atoms with Gasteiger partial charge >= 0.3 is 13.1 Å². The lowest BCUT2D eigenvalue weighted by molar-refractivity contribution is -0.143. The molecule has 17 heavy (non-hydrogen) atoms. The fourth-order valence-corrected chi connectivity index (χ4v) is 2.13. The van der Waals surface area contributed by atoms with Crippen molar-refractivity contribution >= 4 is 37.9 Å². The van der Waals surface area contributed by atoms with Crippen LogP contribution in [0.2, 0.25) is 6.32 Å². The van der Waals surface area contributed by atoms with Crippen molar-refractivity contribution in [2.24, 2.45) is 17.4 Å². The van der Waals surface area contributed by atoms with Crippen LogP contribution in [0, 0.1) is 5.92 Å². The lowest BCUT2D eigenvalue weighted by atomic mass is 9.80. The third-order valence-electron chi connectivity index (χ3n) is 3.11. The highest BCUT2D eigenvalue weighted by atomic mass is 35.5. The molecule has 1 aliphatic carbocycles. The molecule has 0 spiro atoms. The molecule has 102 valence electrons. The molecule has 1 fully saturated rings. The van der Waals surface area contributed by atoms with Crippen molar-refractivity contribution in [1.29, 1.82) is 0 Å². The normalized spacial score (nSPS) is 31.3. The second-order valence-electron chi connectivity index (χ2n) is 4.32. The molecule has 3 unspecified atom stereocenters. The summed E-state index contributed by atoms with van der Waals surface area (Å²) in [4.78, 5) is 10.9. The van der Waals surface area contributed by atoms with E-state index in [1.54, 1.807) is 0 Å². The lowest BCUT2D eigenvalue weighted by Crippen LogP contribution is -2.57. The Balaban J connectivity index is 0. The Morgan fingerprint density at radius 2 is 1.94 bits per heavy atom. The van der Waals surface area contributed by atoms with Crippen LogP contribution in [-0.2, 0) is 4.79 Å². The quantitative estimate of drug-likeness (QED) is 0.431. The summed E-state index contributed by atoms with van der Waals surface area (Å²) in [5.74, 6) is -1.02. The SMILES string of the molecule is Cl.Cl.NC1CC(CCB(O)O)CC1(N)C(=O)O. The highest BCUT2D eigenvalue weighted by Crippen LogP contribution is 2.35. The third-order valence-corrected chi connectivity index (χ3v) is 3.11. The summed E-state index contributed by atoms with van der Waals surface area (Å²) < 4.78 is 0. The zero-order valence-corrected chi connectivity index (χ0v) is 10.9. The molecule has 6 nitrogen and oxygen atoms in total. The Hall–Kier alpha value is -0.0451. The largest absolute Gasteiger partial charge is 0.480 e. The molecule has 7 N–H and O–H groups in total. The van der Waals surface area contributed by atoms with Gasteiger partial charge in [0, 0.05) is 6.04 Å². The van der Waals surface area contributed by atoms with Crippen molar-refractivity contribution < 1.29 is 19.9 Å². The van der Waals surface area contributed by atoms with Gasteiger partial charge in [-0.25, -0.2) is 0 Å². The van der Waals surface area contributed by atoms with Crippen molar-refractivity contribution in [1.82, 2.24) is 0 Å². The first kappa shape index (κ1) is 19.3. The molecule has 0 aromatic carbocycles. The molecule has 0 aromatic heterocycles. The smallest absolute Gasteiger partial charge is 0.451 e. The molecule has 0 aliphatic heterocycles. The van der Waals surface area contributed by atoms with Gasteiger partial charge in [-0.1, -0.05) is 6.42 Å². The Bertz CT molecular complexity index is 260. The van der Waals surface area contributed by atoms with Crippen LogP contribution in [0.5, 0.6) is 0 Å². The van der Waals surface area contributed by atoms with E-state index in [1.807, 2.05) is 0 Å². The Labute approximate surface area is 113 Å². The number of nitrogens with two attached hydrogens (primary N) is 2. The Kier molecular flexibility index (Phi) is 8.40.